The number of fused-ring (bicyclic) bond motifs is 5. The zero-order chi connectivity index (χ0) is 24.6. The zero-order valence-electron chi connectivity index (χ0n) is 18.3. The summed E-state index contributed by atoms with van der Waals surface area (Å²) in [5.74, 6) is -2.19. The molecule has 1 amide bonds. The number of benzene rings is 2. The number of hydrogen-bond donors (Lipinski definition) is 0. The number of sulfonamides is 1. The Balaban J connectivity index is 1.57. The van der Waals surface area contributed by atoms with E-state index in [1.807, 2.05) is 42.5 Å². The van der Waals surface area contributed by atoms with Crippen LogP contribution in [0.3, 0.4) is 0 Å². The van der Waals surface area contributed by atoms with Gasteiger partial charge in [0.15, 0.2) is 0 Å². The minimum absolute atomic E-state index is 0.00234. The molecule has 0 radical (unpaired) electrons. The predicted molar refractivity (Wildman–Crippen MR) is 123 cm³/mol. The molecule has 2 bridgehead atoms. The fourth-order valence-corrected chi connectivity index (χ4v) is 12.7. The first kappa shape index (κ1) is 22.9. The van der Waals surface area contributed by atoms with Crippen LogP contribution < -0.4 is 9.49 Å². The molecule has 2 aromatic rings. The van der Waals surface area contributed by atoms with E-state index in [4.69, 9.17) is 5.26 Å². The highest BCUT2D eigenvalue weighted by atomic mass is 32.2. The summed E-state index contributed by atoms with van der Waals surface area (Å²) in [5.41, 5.74) is -2.26. The second kappa shape index (κ2) is 7.30. The molecule has 0 aromatic heterocycles. The van der Waals surface area contributed by atoms with Gasteiger partial charge in [0.05, 0.1) is 42.1 Å². The minimum atomic E-state index is -4.86. The summed E-state index contributed by atoms with van der Waals surface area (Å²) < 4.78 is 68.3. The highest BCUT2D eigenvalue weighted by molar-refractivity contribution is 7.94. The largest absolute Gasteiger partial charge is 0.417 e. The van der Waals surface area contributed by atoms with Crippen LogP contribution in [0, 0.1) is 29.1 Å². The molecule has 2 aromatic carbocycles. The molecule has 5 rings (SSSR count). The molecular formula is C24H21F3N2O3SSi. The van der Waals surface area contributed by atoms with Crippen LogP contribution in [0.5, 0.6) is 0 Å². The Morgan fingerprint density at radius 3 is 2.26 bits per heavy atom. The van der Waals surface area contributed by atoms with Crippen LogP contribution in [-0.4, -0.2) is 27.6 Å². The van der Waals surface area contributed by atoms with E-state index in [2.05, 4.69) is 13.1 Å². The number of amides is 1. The average molecular weight is 503 g/mol. The van der Waals surface area contributed by atoms with Crippen molar-refractivity contribution in [2.75, 3.05) is 4.31 Å². The van der Waals surface area contributed by atoms with Gasteiger partial charge in [-0.15, -0.1) is 0 Å². The Morgan fingerprint density at radius 2 is 1.68 bits per heavy atom. The van der Waals surface area contributed by atoms with Crippen LogP contribution in [0.4, 0.5) is 18.9 Å². The second-order valence-electron chi connectivity index (χ2n) is 9.63. The fraction of sp³-hybridized carbons (Fsp3) is 0.333. The van der Waals surface area contributed by atoms with Gasteiger partial charge in [0.1, 0.15) is 0 Å². The van der Waals surface area contributed by atoms with Crippen molar-refractivity contribution in [2.24, 2.45) is 17.8 Å². The van der Waals surface area contributed by atoms with E-state index >= 15 is 0 Å². The van der Waals surface area contributed by atoms with Crippen LogP contribution in [0.25, 0.3) is 0 Å². The number of halogens is 3. The van der Waals surface area contributed by atoms with Gasteiger partial charge >= 0.3 is 6.18 Å². The Bertz CT molecular complexity index is 1370. The van der Waals surface area contributed by atoms with Crippen molar-refractivity contribution in [3.05, 3.63) is 71.8 Å². The van der Waals surface area contributed by atoms with Crippen LogP contribution in [-0.2, 0) is 21.0 Å². The molecule has 34 heavy (non-hydrogen) atoms. The van der Waals surface area contributed by atoms with Crippen molar-refractivity contribution < 1.29 is 26.4 Å². The molecule has 3 aliphatic rings. The number of rotatable bonds is 3. The van der Waals surface area contributed by atoms with Gasteiger partial charge in [0, 0.05) is 0 Å². The highest BCUT2D eigenvalue weighted by Crippen LogP contribution is 2.61. The number of anilines is 1. The molecule has 1 saturated carbocycles. The monoisotopic (exact) mass is 502 g/mol. The van der Waals surface area contributed by atoms with E-state index in [-0.39, 0.29) is 23.1 Å². The van der Waals surface area contributed by atoms with Gasteiger partial charge in [0.25, 0.3) is 0 Å². The number of carbonyl (C=O) groups is 1. The topological polar surface area (TPSA) is 78.2 Å². The van der Waals surface area contributed by atoms with Crippen molar-refractivity contribution in [3.8, 4) is 6.07 Å². The third-order valence-corrected chi connectivity index (χ3v) is 14.1. The van der Waals surface area contributed by atoms with E-state index in [0.717, 1.165) is 12.1 Å². The SMILES string of the molecule is C[Si](C)(c1ccccc1)C1[C@H]2C=C[C@@H]1[C@@H]1C(=O)N(c3ccc(C#N)c(C(F)(F)F)c3)S(=O)(=O)[C@@H]12. The molecule has 0 N–H and O–H groups in total. The Morgan fingerprint density at radius 1 is 1.03 bits per heavy atom. The van der Waals surface area contributed by atoms with Crippen LogP contribution in [0.15, 0.2) is 60.7 Å². The summed E-state index contributed by atoms with van der Waals surface area (Å²) in [6.07, 6.45) is -1.06. The van der Waals surface area contributed by atoms with E-state index in [9.17, 15) is 26.4 Å². The first-order valence-corrected chi connectivity index (χ1v) is 15.4. The van der Waals surface area contributed by atoms with E-state index in [0.29, 0.717) is 10.4 Å². The molecule has 5 nitrogen and oxygen atoms in total. The third-order valence-electron chi connectivity index (χ3n) is 7.63. The van der Waals surface area contributed by atoms with Gasteiger partial charge in [-0.3, -0.25) is 4.79 Å². The quantitative estimate of drug-likeness (QED) is 0.469. The molecule has 2 aliphatic carbocycles. The van der Waals surface area contributed by atoms with Crippen molar-refractivity contribution in [1.29, 1.82) is 5.26 Å². The Labute approximate surface area is 196 Å². The third kappa shape index (κ3) is 3.03. The number of hydrogen-bond acceptors (Lipinski definition) is 4. The maximum Gasteiger partial charge on any atom is 0.417 e. The highest BCUT2D eigenvalue weighted by Gasteiger charge is 2.69. The lowest BCUT2D eigenvalue weighted by atomic mass is 9.92. The molecular weight excluding hydrogens is 481 g/mol. The van der Waals surface area contributed by atoms with Gasteiger partial charge in [-0.1, -0.05) is 60.8 Å². The summed E-state index contributed by atoms with van der Waals surface area (Å²) in [6, 6.07) is 14.0. The van der Waals surface area contributed by atoms with Gasteiger partial charge < -0.3 is 0 Å². The maximum atomic E-state index is 13.6. The summed E-state index contributed by atoms with van der Waals surface area (Å²) >= 11 is 0. The lowest BCUT2D eigenvalue weighted by Gasteiger charge is -2.35. The van der Waals surface area contributed by atoms with Crippen LogP contribution >= 0.6 is 0 Å². The maximum absolute atomic E-state index is 13.6. The van der Waals surface area contributed by atoms with Crippen LogP contribution in [0.2, 0.25) is 18.6 Å². The standard InChI is InChI=1S/C24H21F3N2O3SSi/c1-34(2,16-6-4-3-5-7-16)22-17-10-11-18(22)21-20(17)23(30)29(33(21,31)32)15-9-8-14(13-28)19(12-15)24(25,26)27/h3-12,17-18,20-22H,1-2H3/t17-,18+,20+,21-,22?/m1/s1. The molecule has 10 heteroatoms. The van der Waals surface area contributed by atoms with Crippen molar-refractivity contribution >= 4 is 34.9 Å². The number of carbonyl (C=O) groups excluding carboxylic acids is 1. The zero-order valence-corrected chi connectivity index (χ0v) is 20.1. The smallest absolute Gasteiger partial charge is 0.273 e. The van der Waals surface area contributed by atoms with Crippen molar-refractivity contribution in [3.63, 3.8) is 0 Å². The lowest BCUT2D eigenvalue weighted by Crippen LogP contribution is -2.49. The fourth-order valence-electron chi connectivity index (χ4n) is 6.23. The van der Waals surface area contributed by atoms with Gasteiger partial charge in [0.2, 0.25) is 15.9 Å². The van der Waals surface area contributed by atoms with E-state index in [1.54, 1.807) is 0 Å². The first-order valence-electron chi connectivity index (χ1n) is 10.8. The van der Waals surface area contributed by atoms with Gasteiger partial charge in [-0.05, 0) is 35.6 Å². The summed E-state index contributed by atoms with van der Waals surface area (Å²) in [4.78, 5) is 13.5. The molecule has 1 saturated heterocycles. The molecule has 176 valence electrons. The number of allylic oxidation sites excluding steroid dienone is 2. The summed E-state index contributed by atoms with van der Waals surface area (Å²) in [6.45, 7) is 4.35. The van der Waals surface area contributed by atoms with Crippen LogP contribution in [0.1, 0.15) is 11.1 Å². The predicted octanol–water partition coefficient (Wildman–Crippen LogP) is 4.04. The number of alkyl halides is 3. The molecule has 5 atom stereocenters. The number of nitriles is 1. The first-order chi connectivity index (χ1) is 15.9. The van der Waals surface area contributed by atoms with E-state index < -0.39 is 52.5 Å². The van der Waals surface area contributed by atoms with Crippen molar-refractivity contribution in [1.82, 2.24) is 0 Å². The van der Waals surface area contributed by atoms with E-state index in [1.165, 1.54) is 11.3 Å². The minimum Gasteiger partial charge on any atom is -0.273 e. The van der Waals surface area contributed by atoms with Crippen molar-refractivity contribution in [2.45, 2.75) is 30.1 Å². The summed E-state index contributed by atoms with van der Waals surface area (Å²) in [7, 11) is -6.45. The normalized spacial score (nSPS) is 29.4. The van der Waals surface area contributed by atoms with Gasteiger partial charge in [-0.25, -0.2) is 12.7 Å². The lowest BCUT2D eigenvalue weighted by molar-refractivity contribution is -0.137. The molecule has 2 fully saturated rings. The summed E-state index contributed by atoms with van der Waals surface area (Å²) in [5, 5.41) is 9.22. The number of nitrogens with zero attached hydrogens (tertiary/aromatic N) is 2. The molecule has 1 aliphatic heterocycles. The molecule has 1 unspecified atom stereocenters. The molecule has 1 heterocycles. The molecule has 0 spiro atoms. The average Bonchev–Trinajstić information content (AvgIpc) is 3.42. The Hall–Kier alpha value is -2.90. The second-order valence-corrected chi connectivity index (χ2v) is 16.3. The Kier molecular flexibility index (Phi) is 4.91. The van der Waals surface area contributed by atoms with Gasteiger partial charge in [-0.2, -0.15) is 18.4 Å².